The SMILES string of the molecule is CC1CCCCCC(NNC2CCCCCCC3CC32)CC1. The number of nitrogens with one attached hydrogen (secondary N) is 2. The van der Waals surface area contributed by atoms with Gasteiger partial charge < -0.3 is 0 Å². The van der Waals surface area contributed by atoms with Crippen molar-refractivity contribution in [2.24, 2.45) is 17.8 Å². The van der Waals surface area contributed by atoms with Crippen LogP contribution in [0, 0.1) is 17.8 Å². The highest BCUT2D eigenvalue weighted by Gasteiger charge is 2.42. The third-order valence-corrected chi connectivity index (χ3v) is 6.56. The quantitative estimate of drug-likeness (QED) is 0.701. The second kappa shape index (κ2) is 8.68. The lowest BCUT2D eigenvalue weighted by molar-refractivity contribution is 0.295. The van der Waals surface area contributed by atoms with Crippen LogP contribution in [-0.2, 0) is 0 Å². The van der Waals surface area contributed by atoms with E-state index in [1.54, 1.807) is 0 Å². The van der Waals surface area contributed by atoms with Crippen molar-refractivity contribution in [3.63, 3.8) is 0 Å². The smallest absolute Gasteiger partial charge is 0.0244 e. The lowest BCUT2D eigenvalue weighted by Crippen LogP contribution is -2.47. The molecule has 5 atom stereocenters. The van der Waals surface area contributed by atoms with Crippen LogP contribution in [0.5, 0.6) is 0 Å². The summed E-state index contributed by atoms with van der Waals surface area (Å²) in [5.41, 5.74) is 7.59. The third kappa shape index (κ3) is 5.23. The van der Waals surface area contributed by atoms with Crippen molar-refractivity contribution in [3.05, 3.63) is 0 Å². The Kier molecular flexibility index (Phi) is 6.62. The monoisotopic (exact) mass is 306 g/mol. The van der Waals surface area contributed by atoms with E-state index in [-0.39, 0.29) is 0 Å². The molecule has 2 nitrogen and oxygen atoms in total. The van der Waals surface area contributed by atoms with Gasteiger partial charge in [0.15, 0.2) is 0 Å². The van der Waals surface area contributed by atoms with Crippen LogP contribution in [0.3, 0.4) is 0 Å². The van der Waals surface area contributed by atoms with Crippen LogP contribution in [0.1, 0.15) is 96.8 Å². The largest absolute Gasteiger partial charge is 0.255 e. The molecule has 3 rings (SSSR count). The molecule has 0 aliphatic heterocycles. The standard InChI is InChI=1S/C20H38N2/c1-16-9-5-4-7-11-18(14-13-16)21-22-20-12-8-3-2-6-10-17-15-19(17)20/h16-22H,2-15H2,1H3. The van der Waals surface area contributed by atoms with Gasteiger partial charge in [-0.05, 0) is 49.9 Å². The Morgan fingerprint density at radius 1 is 0.636 bits per heavy atom. The molecule has 2 N–H and O–H groups in total. The molecule has 0 heterocycles. The summed E-state index contributed by atoms with van der Waals surface area (Å²) in [4.78, 5) is 0. The lowest BCUT2D eigenvalue weighted by Gasteiger charge is -2.25. The predicted molar refractivity (Wildman–Crippen MR) is 94.6 cm³/mol. The normalized spacial score (nSPS) is 41.0. The second-order valence-electron chi connectivity index (χ2n) is 8.56. The Bertz CT molecular complexity index is 317. The molecule has 3 aliphatic rings. The lowest BCUT2D eigenvalue weighted by atomic mass is 9.98. The molecule has 0 aromatic rings. The summed E-state index contributed by atoms with van der Waals surface area (Å²) in [6.45, 7) is 2.45. The fourth-order valence-electron chi connectivity index (χ4n) is 4.82. The van der Waals surface area contributed by atoms with Gasteiger partial charge in [-0.15, -0.1) is 0 Å². The minimum absolute atomic E-state index is 0.713. The fourth-order valence-corrected chi connectivity index (χ4v) is 4.82. The molecule has 3 saturated carbocycles. The number of hydrogen-bond acceptors (Lipinski definition) is 2. The molecule has 0 aromatic carbocycles. The third-order valence-electron chi connectivity index (χ3n) is 6.56. The molecule has 0 saturated heterocycles. The van der Waals surface area contributed by atoms with Crippen molar-refractivity contribution >= 4 is 0 Å². The van der Waals surface area contributed by atoms with E-state index in [1.165, 1.54) is 89.9 Å². The van der Waals surface area contributed by atoms with Crippen LogP contribution in [0.25, 0.3) is 0 Å². The van der Waals surface area contributed by atoms with Gasteiger partial charge in [0.25, 0.3) is 0 Å². The molecule has 0 amide bonds. The first-order chi connectivity index (χ1) is 10.8. The molecule has 0 bridgehead atoms. The Morgan fingerprint density at radius 3 is 2.27 bits per heavy atom. The average molecular weight is 307 g/mol. The Balaban J connectivity index is 1.44. The molecule has 5 unspecified atom stereocenters. The van der Waals surface area contributed by atoms with E-state index in [2.05, 4.69) is 17.8 Å². The van der Waals surface area contributed by atoms with Gasteiger partial charge in [-0.25, -0.2) is 0 Å². The zero-order valence-electron chi connectivity index (χ0n) is 14.8. The van der Waals surface area contributed by atoms with Crippen LogP contribution >= 0.6 is 0 Å². The molecular weight excluding hydrogens is 268 g/mol. The zero-order valence-corrected chi connectivity index (χ0v) is 14.8. The van der Waals surface area contributed by atoms with Crippen molar-refractivity contribution in [1.82, 2.24) is 10.9 Å². The van der Waals surface area contributed by atoms with Crippen molar-refractivity contribution in [2.45, 2.75) is 109 Å². The maximum absolute atomic E-state index is 3.81. The van der Waals surface area contributed by atoms with Crippen LogP contribution < -0.4 is 10.9 Å². The van der Waals surface area contributed by atoms with Crippen molar-refractivity contribution in [1.29, 1.82) is 0 Å². The summed E-state index contributed by atoms with van der Waals surface area (Å²) < 4.78 is 0. The zero-order chi connectivity index (χ0) is 15.2. The van der Waals surface area contributed by atoms with E-state index in [0.717, 1.165) is 23.8 Å². The minimum atomic E-state index is 0.713. The Hall–Kier alpha value is -0.0800. The average Bonchev–Trinajstić information content (AvgIpc) is 3.25. The highest BCUT2D eigenvalue weighted by atomic mass is 15.4. The van der Waals surface area contributed by atoms with Gasteiger partial charge >= 0.3 is 0 Å². The first-order valence-electron chi connectivity index (χ1n) is 10.3. The molecule has 0 spiro atoms. The van der Waals surface area contributed by atoms with E-state index >= 15 is 0 Å². The molecule has 128 valence electrons. The Labute approximate surface area is 138 Å². The Morgan fingerprint density at radius 2 is 1.36 bits per heavy atom. The molecule has 2 heteroatoms. The van der Waals surface area contributed by atoms with Crippen LogP contribution in [0.2, 0.25) is 0 Å². The van der Waals surface area contributed by atoms with Gasteiger partial charge in [-0.2, -0.15) is 0 Å². The van der Waals surface area contributed by atoms with E-state index in [4.69, 9.17) is 0 Å². The van der Waals surface area contributed by atoms with Gasteiger partial charge in [0, 0.05) is 12.1 Å². The van der Waals surface area contributed by atoms with E-state index in [9.17, 15) is 0 Å². The van der Waals surface area contributed by atoms with Crippen molar-refractivity contribution in [2.75, 3.05) is 0 Å². The summed E-state index contributed by atoms with van der Waals surface area (Å²) in [6.07, 6.45) is 20.2. The fraction of sp³-hybridized carbons (Fsp3) is 1.00. The summed E-state index contributed by atoms with van der Waals surface area (Å²) in [7, 11) is 0. The summed E-state index contributed by atoms with van der Waals surface area (Å²) >= 11 is 0. The van der Waals surface area contributed by atoms with Crippen molar-refractivity contribution in [3.8, 4) is 0 Å². The molecule has 0 aromatic heterocycles. The summed E-state index contributed by atoms with van der Waals surface area (Å²) in [5, 5.41) is 0. The van der Waals surface area contributed by atoms with Crippen LogP contribution in [0.4, 0.5) is 0 Å². The van der Waals surface area contributed by atoms with E-state index in [0.29, 0.717) is 6.04 Å². The molecule has 0 radical (unpaired) electrons. The van der Waals surface area contributed by atoms with E-state index in [1.807, 2.05) is 0 Å². The number of fused-ring (bicyclic) bond motifs is 1. The molecule has 3 aliphatic carbocycles. The summed E-state index contributed by atoms with van der Waals surface area (Å²) in [5.74, 6) is 2.97. The minimum Gasteiger partial charge on any atom is -0.255 e. The topological polar surface area (TPSA) is 24.1 Å². The molecule has 3 fully saturated rings. The van der Waals surface area contributed by atoms with Crippen molar-refractivity contribution < 1.29 is 0 Å². The van der Waals surface area contributed by atoms with Crippen LogP contribution in [0.15, 0.2) is 0 Å². The first-order valence-corrected chi connectivity index (χ1v) is 10.3. The second-order valence-corrected chi connectivity index (χ2v) is 8.56. The molecule has 22 heavy (non-hydrogen) atoms. The van der Waals surface area contributed by atoms with Gasteiger partial charge in [0.05, 0.1) is 0 Å². The summed E-state index contributed by atoms with van der Waals surface area (Å²) in [6, 6.07) is 1.47. The predicted octanol–water partition coefficient (Wildman–Crippen LogP) is 5.19. The number of rotatable bonds is 3. The maximum atomic E-state index is 3.81. The highest BCUT2D eigenvalue weighted by Crippen LogP contribution is 2.46. The molecular formula is C20H38N2. The van der Waals surface area contributed by atoms with Gasteiger partial charge in [0.2, 0.25) is 0 Å². The van der Waals surface area contributed by atoms with Gasteiger partial charge in [-0.3, -0.25) is 10.9 Å². The highest BCUT2D eigenvalue weighted by molar-refractivity contribution is 4.95. The van der Waals surface area contributed by atoms with Crippen LogP contribution in [-0.4, -0.2) is 12.1 Å². The number of hydrazine groups is 1. The first kappa shape index (κ1) is 16.8. The van der Waals surface area contributed by atoms with Gasteiger partial charge in [-0.1, -0.05) is 64.7 Å². The maximum Gasteiger partial charge on any atom is 0.0244 e. The van der Waals surface area contributed by atoms with E-state index < -0.39 is 0 Å². The number of hydrogen-bond donors (Lipinski definition) is 2. The van der Waals surface area contributed by atoms with Gasteiger partial charge in [0.1, 0.15) is 0 Å².